The van der Waals surface area contributed by atoms with Crippen LogP contribution in [0.4, 0.5) is 13.2 Å². The van der Waals surface area contributed by atoms with Crippen LogP contribution in [-0.4, -0.2) is 51.1 Å². The lowest BCUT2D eigenvalue weighted by molar-refractivity contribution is -0.192. The maximum absolute atomic E-state index is 11.9. The van der Waals surface area contributed by atoms with Crippen molar-refractivity contribution in [2.24, 2.45) is 5.73 Å². The Morgan fingerprint density at radius 2 is 1.94 bits per heavy atom. The lowest BCUT2D eigenvalue weighted by atomic mass is 9.85. The molecule has 1 amide bonds. The second kappa shape index (κ2) is 10.9. The number of imidazole rings is 1. The number of nitrogens with two attached hydrogens (primary N) is 1. The summed E-state index contributed by atoms with van der Waals surface area (Å²) >= 11 is 0. The Morgan fingerprint density at radius 3 is 2.44 bits per heavy atom. The number of carboxylic acid groups (broad SMARTS) is 1. The number of nitrogens with zero attached hydrogens (tertiary/aromatic N) is 2. The summed E-state index contributed by atoms with van der Waals surface area (Å²) in [4.78, 5) is 30.9. The van der Waals surface area contributed by atoms with Crippen LogP contribution in [0, 0.1) is 0 Å². The molecular weight excluding hydrogens is 449 g/mol. The standard InChI is InChI=1S/C22H28N4O.C2HF3O2/c1-15(22-24-10-11-25-22)26-12-8-16(9-13-26)18-6-7-19(21(23)27)20(14-18)17-4-2-3-5-17;3-2(4,5)1(6)7/h4,6-7,10-11,14-16H,2-3,5,8-9,12-13H2,1H3,(H2,23,27)(H,24,25);(H,6,7). The van der Waals surface area contributed by atoms with E-state index in [9.17, 15) is 18.0 Å². The molecule has 2 aromatic rings. The number of allylic oxidation sites excluding steroid dienone is 2. The third-order valence-electron chi connectivity index (χ3n) is 6.40. The van der Waals surface area contributed by atoms with Gasteiger partial charge in [-0.1, -0.05) is 18.2 Å². The van der Waals surface area contributed by atoms with Gasteiger partial charge in [0, 0.05) is 18.0 Å². The van der Waals surface area contributed by atoms with Gasteiger partial charge in [-0.2, -0.15) is 13.2 Å². The van der Waals surface area contributed by atoms with Crippen LogP contribution in [0.5, 0.6) is 0 Å². The van der Waals surface area contributed by atoms with Crippen molar-refractivity contribution in [2.75, 3.05) is 13.1 Å². The van der Waals surface area contributed by atoms with Gasteiger partial charge in [0.2, 0.25) is 5.91 Å². The Hall–Kier alpha value is -3.14. The van der Waals surface area contributed by atoms with Crippen LogP contribution in [-0.2, 0) is 4.79 Å². The zero-order valence-electron chi connectivity index (χ0n) is 18.9. The topological polar surface area (TPSA) is 112 Å². The number of hydrogen-bond donors (Lipinski definition) is 3. The van der Waals surface area contributed by atoms with Gasteiger partial charge in [-0.3, -0.25) is 9.69 Å². The van der Waals surface area contributed by atoms with Gasteiger partial charge in [0.1, 0.15) is 5.82 Å². The molecule has 1 aromatic carbocycles. The van der Waals surface area contributed by atoms with Gasteiger partial charge >= 0.3 is 12.1 Å². The molecule has 7 nitrogen and oxygen atoms in total. The van der Waals surface area contributed by atoms with Gasteiger partial charge < -0.3 is 15.8 Å². The number of carbonyl (C=O) groups excluding carboxylic acids is 1. The number of rotatable bonds is 5. The summed E-state index contributed by atoms with van der Waals surface area (Å²) in [5.41, 5.74) is 9.98. The van der Waals surface area contributed by atoms with Crippen molar-refractivity contribution < 1.29 is 27.9 Å². The maximum Gasteiger partial charge on any atom is 0.490 e. The fraction of sp³-hybridized carbons (Fsp3) is 0.458. The Morgan fingerprint density at radius 1 is 1.26 bits per heavy atom. The molecule has 10 heteroatoms. The molecule has 1 aliphatic heterocycles. The Kier molecular flexibility index (Phi) is 8.14. The minimum atomic E-state index is -5.08. The van der Waals surface area contributed by atoms with E-state index in [0.29, 0.717) is 17.5 Å². The fourth-order valence-corrected chi connectivity index (χ4v) is 4.51. The highest BCUT2D eigenvalue weighted by Crippen LogP contribution is 2.36. The van der Waals surface area contributed by atoms with Crippen LogP contribution in [0.1, 0.15) is 78.3 Å². The van der Waals surface area contributed by atoms with Gasteiger partial charge in [-0.25, -0.2) is 9.78 Å². The number of benzene rings is 1. The van der Waals surface area contributed by atoms with Crippen LogP contribution in [0.15, 0.2) is 36.7 Å². The second-order valence-corrected chi connectivity index (χ2v) is 8.55. The number of aromatic amines is 1. The zero-order valence-corrected chi connectivity index (χ0v) is 18.9. The van der Waals surface area contributed by atoms with Crippen LogP contribution < -0.4 is 5.73 Å². The summed E-state index contributed by atoms with van der Waals surface area (Å²) < 4.78 is 31.7. The van der Waals surface area contributed by atoms with E-state index in [2.05, 4.69) is 40.0 Å². The van der Waals surface area contributed by atoms with Gasteiger partial charge in [0.25, 0.3) is 0 Å². The summed E-state index contributed by atoms with van der Waals surface area (Å²) in [7, 11) is 0. The van der Waals surface area contributed by atoms with E-state index >= 15 is 0 Å². The van der Waals surface area contributed by atoms with Crippen molar-refractivity contribution in [1.29, 1.82) is 0 Å². The molecule has 1 atom stereocenters. The number of H-pyrrole nitrogens is 1. The average Bonchev–Trinajstić information content (AvgIpc) is 3.52. The highest BCUT2D eigenvalue weighted by Gasteiger charge is 2.38. The molecule has 0 bridgehead atoms. The number of carboxylic acids is 1. The minimum Gasteiger partial charge on any atom is -0.475 e. The van der Waals surface area contributed by atoms with E-state index in [4.69, 9.17) is 15.6 Å². The zero-order chi connectivity index (χ0) is 24.9. The molecule has 184 valence electrons. The molecule has 0 spiro atoms. The van der Waals surface area contributed by atoms with Crippen molar-refractivity contribution in [3.8, 4) is 0 Å². The van der Waals surface area contributed by atoms with E-state index in [-0.39, 0.29) is 5.91 Å². The average molecular weight is 479 g/mol. The first-order chi connectivity index (χ1) is 16.1. The largest absolute Gasteiger partial charge is 0.490 e. The second-order valence-electron chi connectivity index (χ2n) is 8.55. The quantitative estimate of drug-likeness (QED) is 0.579. The number of piperidine rings is 1. The van der Waals surface area contributed by atoms with Gasteiger partial charge in [-0.15, -0.1) is 0 Å². The van der Waals surface area contributed by atoms with Gasteiger partial charge in [0.05, 0.1) is 6.04 Å². The normalized spacial score (nSPS) is 18.1. The summed E-state index contributed by atoms with van der Waals surface area (Å²) in [6, 6.07) is 6.59. The lowest BCUT2D eigenvalue weighted by Crippen LogP contribution is -2.35. The first-order valence-corrected chi connectivity index (χ1v) is 11.2. The number of carbonyl (C=O) groups is 2. The monoisotopic (exact) mass is 478 g/mol. The molecular formula is C24H29F3N4O3. The van der Waals surface area contributed by atoms with E-state index in [1.807, 2.05) is 18.5 Å². The van der Waals surface area contributed by atoms with E-state index in [1.54, 1.807) is 0 Å². The Labute approximate surface area is 195 Å². The number of aromatic nitrogens is 2. The molecule has 34 heavy (non-hydrogen) atoms. The summed E-state index contributed by atoms with van der Waals surface area (Å²) in [5, 5.41) is 7.12. The minimum absolute atomic E-state index is 0.317. The molecule has 4 N–H and O–H groups in total. The molecule has 4 rings (SSSR count). The van der Waals surface area contributed by atoms with Crippen LogP contribution >= 0.6 is 0 Å². The van der Waals surface area contributed by atoms with E-state index in [1.165, 1.54) is 17.6 Å². The molecule has 0 saturated carbocycles. The predicted octanol–water partition coefficient (Wildman–Crippen LogP) is 4.65. The van der Waals surface area contributed by atoms with Crippen LogP contribution in [0.3, 0.4) is 0 Å². The number of halogens is 3. The highest BCUT2D eigenvalue weighted by atomic mass is 19.4. The smallest absolute Gasteiger partial charge is 0.475 e. The number of hydrogen-bond acceptors (Lipinski definition) is 4. The molecule has 0 radical (unpaired) electrons. The third-order valence-corrected chi connectivity index (χ3v) is 6.40. The van der Waals surface area contributed by atoms with Crippen molar-refractivity contribution in [2.45, 2.75) is 57.2 Å². The molecule has 1 unspecified atom stereocenters. The van der Waals surface area contributed by atoms with E-state index < -0.39 is 12.1 Å². The lowest BCUT2D eigenvalue weighted by Gasteiger charge is -2.35. The van der Waals surface area contributed by atoms with Crippen LogP contribution in [0.2, 0.25) is 0 Å². The summed E-state index contributed by atoms with van der Waals surface area (Å²) in [6.07, 6.45) is 6.44. The van der Waals surface area contributed by atoms with Crippen molar-refractivity contribution in [3.05, 3.63) is 59.2 Å². The Bertz CT molecular complexity index is 1030. The molecule has 1 aromatic heterocycles. The van der Waals surface area contributed by atoms with Gasteiger partial charge in [0.15, 0.2) is 0 Å². The molecule has 2 aliphatic rings. The third kappa shape index (κ3) is 6.25. The van der Waals surface area contributed by atoms with Crippen molar-refractivity contribution in [3.63, 3.8) is 0 Å². The molecule has 2 heterocycles. The predicted molar refractivity (Wildman–Crippen MR) is 121 cm³/mol. The van der Waals surface area contributed by atoms with Gasteiger partial charge in [-0.05, 0) is 80.8 Å². The summed E-state index contributed by atoms with van der Waals surface area (Å²) in [6.45, 7) is 4.33. The van der Waals surface area contributed by atoms with Crippen LogP contribution in [0.25, 0.3) is 5.57 Å². The number of likely N-dealkylation sites (tertiary alicyclic amines) is 1. The van der Waals surface area contributed by atoms with Crippen molar-refractivity contribution in [1.82, 2.24) is 14.9 Å². The molecule has 1 aliphatic carbocycles. The molecule has 1 fully saturated rings. The van der Waals surface area contributed by atoms with Crippen molar-refractivity contribution >= 4 is 17.4 Å². The number of nitrogens with one attached hydrogen (secondary N) is 1. The summed E-state index contributed by atoms with van der Waals surface area (Å²) in [5.74, 6) is -1.51. The number of primary amides is 1. The first-order valence-electron chi connectivity index (χ1n) is 11.2. The number of aliphatic carboxylic acids is 1. The Balaban J connectivity index is 0.000000406. The SMILES string of the molecule is CC(c1ncc[nH]1)N1CCC(c2ccc(C(N)=O)c(C3=CCCC3)c2)CC1.O=C(O)C(F)(F)F. The maximum atomic E-state index is 11.9. The number of alkyl halides is 3. The number of amides is 1. The highest BCUT2D eigenvalue weighted by molar-refractivity contribution is 5.98. The van der Waals surface area contributed by atoms with E-state index in [0.717, 1.165) is 50.2 Å². The first kappa shape index (κ1) is 25.5. The molecule has 1 saturated heterocycles. The fourth-order valence-electron chi connectivity index (χ4n) is 4.51.